The molecule has 4 rings (SSSR count). The van der Waals surface area contributed by atoms with Crippen LogP contribution >= 0.6 is 0 Å². The van der Waals surface area contributed by atoms with Crippen LogP contribution in [0.1, 0.15) is 98.8 Å². The molecular formula is C27H46O. The van der Waals surface area contributed by atoms with Gasteiger partial charge in [-0.05, 0) is 110 Å². The molecule has 0 radical (unpaired) electrons. The third kappa shape index (κ3) is 3.32. The van der Waals surface area contributed by atoms with Gasteiger partial charge in [-0.25, -0.2) is 0 Å². The molecule has 0 aromatic rings. The molecule has 0 aromatic carbocycles. The topological polar surface area (TPSA) is 20.2 Å². The van der Waals surface area contributed by atoms with E-state index in [4.69, 9.17) is 0 Å². The highest BCUT2D eigenvalue weighted by Gasteiger charge is 2.60. The highest BCUT2D eigenvalue weighted by molar-refractivity contribution is 5.11. The van der Waals surface area contributed by atoms with Gasteiger partial charge in [0.05, 0.1) is 6.10 Å². The summed E-state index contributed by atoms with van der Waals surface area (Å²) in [5.74, 6) is 5.99. The van der Waals surface area contributed by atoms with Gasteiger partial charge >= 0.3 is 0 Å². The van der Waals surface area contributed by atoms with Gasteiger partial charge in [-0.1, -0.05) is 53.2 Å². The normalized spacial score (nSPS) is 50.6. The molecule has 0 heterocycles. The van der Waals surface area contributed by atoms with Crippen molar-refractivity contribution in [2.75, 3.05) is 0 Å². The van der Waals surface area contributed by atoms with Crippen molar-refractivity contribution in [3.05, 3.63) is 12.2 Å². The molecule has 0 saturated heterocycles. The number of hydrogen-bond acceptors (Lipinski definition) is 1. The molecule has 0 bridgehead atoms. The van der Waals surface area contributed by atoms with Gasteiger partial charge in [0.2, 0.25) is 0 Å². The largest absolute Gasteiger partial charge is 0.393 e. The lowest BCUT2D eigenvalue weighted by Gasteiger charge is -2.61. The Bertz CT molecular complexity index is 581. The average molecular weight is 387 g/mol. The lowest BCUT2D eigenvalue weighted by molar-refractivity contribution is -0.128. The predicted molar refractivity (Wildman–Crippen MR) is 119 cm³/mol. The molecule has 0 amide bonds. The second-order valence-corrected chi connectivity index (χ2v) is 11.9. The van der Waals surface area contributed by atoms with Crippen LogP contribution in [0.15, 0.2) is 12.2 Å². The first-order valence-corrected chi connectivity index (χ1v) is 12.7. The molecule has 0 aliphatic heterocycles. The molecule has 3 unspecified atom stereocenters. The minimum Gasteiger partial charge on any atom is -0.393 e. The Hall–Kier alpha value is -0.300. The van der Waals surface area contributed by atoms with E-state index in [-0.39, 0.29) is 6.10 Å². The van der Waals surface area contributed by atoms with E-state index in [2.05, 4.69) is 46.8 Å². The fourth-order valence-electron chi connectivity index (χ4n) is 8.77. The molecule has 4 fully saturated rings. The lowest BCUT2D eigenvalue weighted by atomic mass is 9.44. The van der Waals surface area contributed by atoms with Crippen molar-refractivity contribution >= 4 is 0 Å². The predicted octanol–water partition coefficient (Wildman–Crippen LogP) is 7.24. The van der Waals surface area contributed by atoms with Crippen LogP contribution in [0.3, 0.4) is 0 Å². The second kappa shape index (κ2) is 7.75. The zero-order valence-electron chi connectivity index (χ0n) is 19.3. The zero-order valence-corrected chi connectivity index (χ0v) is 19.3. The Morgan fingerprint density at radius 1 is 0.893 bits per heavy atom. The molecule has 0 aromatic heterocycles. The number of fused-ring (bicyclic) bond motifs is 5. The number of rotatable bonds is 4. The first-order chi connectivity index (χ1) is 13.3. The summed E-state index contributed by atoms with van der Waals surface area (Å²) >= 11 is 0. The summed E-state index contributed by atoms with van der Waals surface area (Å²) in [6.45, 7) is 12.5. The Labute approximate surface area is 174 Å². The van der Waals surface area contributed by atoms with Crippen molar-refractivity contribution in [1.29, 1.82) is 0 Å². The van der Waals surface area contributed by atoms with E-state index in [9.17, 15) is 5.11 Å². The molecule has 10 atom stereocenters. The van der Waals surface area contributed by atoms with Gasteiger partial charge in [-0.2, -0.15) is 0 Å². The summed E-state index contributed by atoms with van der Waals surface area (Å²) in [7, 11) is 0. The summed E-state index contributed by atoms with van der Waals surface area (Å²) < 4.78 is 0. The molecular weight excluding hydrogens is 340 g/mol. The minimum atomic E-state index is -0.0162. The molecule has 1 nitrogen and oxygen atoms in total. The Kier molecular flexibility index (Phi) is 5.80. The van der Waals surface area contributed by atoms with Gasteiger partial charge < -0.3 is 5.11 Å². The monoisotopic (exact) mass is 386 g/mol. The molecule has 4 saturated carbocycles. The molecule has 28 heavy (non-hydrogen) atoms. The van der Waals surface area contributed by atoms with E-state index < -0.39 is 0 Å². The standard InChI is InChI=1S/C27H46O/c1-6-18(2)7-8-19(3)23-11-12-24-22-10-9-20-17-21(28)13-15-26(20,4)25(22)14-16-27(23,24)5/h7-8,18-25,28H,6,9-17H2,1-5H3/b8-7+/t18-,19-,20+,21+,22?,23-,24?,25?,26+,27-/m1/s1. The Balaban J connectivity index is 1.51. The third-order valence-corrected chi connectivity index (χ3v) is 10.7. The van der Waals surface area contributed by atoms with Gasteiger partial charge in [0, 0.05) is 0 Å². The summed E-state index contributed by atoms with van der Waals surface area (Å²) in [5, 5.41) is 10.2. The van der Waals surface area contributed by atoms with Crippen LogP contribution in [-0.4, -0.2) is 11.2 Å². The third-order valence-electron chi connectivity index (χ3n) is 10.7. The molecule has 1 N–H and O–H groups in total. The maximum atomic E-state index is 10.2. The van der Waals surface area contributed by atoms with E-state index >= 15 is 0 Å². The van der Waals surface area contributed by atoms with Gasteiger partial charge in [0.25, 0.3) is 0 Å². The molecule has 0 spiro atoms. The van der Waals surface area contributed by atoms with Crippen LogP contribution < -0.4 is 0 Å². The van der Waals surface area contributed by atoms with Gasteiger partial charge in [0.15, 0.2) is 0 Å². The first kappa shape index (κ1) is 21.0. The Morgan fingerprint density at radius 3 is 2.36 bits per heavy atom. The highest BCUT2D eigenvalue weighted by atomic mass is 16.3. The quantitative estimate of drug-likeness (QED) is 0.505. The van der Waals surface area contributed by atoms with Crippen LogP contribution in [0.4, 0.5) is 0 Å². The first-order valence-electron chi connectivity index (χ1n) is 12.7. The summed E-state index contributed by atoms with van der Waals surface area (Å²) in [6, 6.07) is 0. The van der Waals surface area contributed by atoms with Gasteiger partial charge in [-0.15, -0.1) is 0 Å². The smallest absolute Gasteiger partial charge is 0.0543 e. The average Bonchev–Trinajstić information content (AvgIpc) is 3.03. The summed E-state index contributed by atoms with van der Waals surface area (Å²) in [5.41, 5.74) is 1.08. The van der Waals surface area contributed by atoms with Crippen LogP contribution in [0.5, 0.6) is 0 Å². The van der Waals surface area contributed by atoms with Crippen molar-refractivity contribution in [2.24, 2.45) is 52.3 Å². The lowest BCUT2D eigenvalue weighted by Crippen LogP contribution is -2.54. The van der Waals surface area contributed by atoms with Crippen molar-refractivity contribution in [3.8, 4) is 0 Å². The highest BCUT2D eigenvalue weighted by Crippen LogP contribution is 2.68. The van der Waals surface area contributed by atoms with Crippen molar-refractivity contribution in [3.63, 3.8) is 0 Å². The number of aliphatic hydroxyl groups excluding tert-OH is 1. The van der Waals surface area contributed by atoms with Crippen LogP contribution in [-0.2, 0) is 0 Å². The second-order valence-electron chi connectivity index (χ2n) is 11.9. The maximum Gasteiger partial charge on any atom is 0.0543 e. The van der Waals surface area contributed by atoms with Crippen LogP contribution in [0.25, 0.3) is 0 Å². The fourth-order valence-corrected chi connectivity index (χ4v) is 8.77. The number of hydrogen-bond donors (Lipinski definition) is 1. The van der Waals surface area contributed by atoms with E-state index in [0.717, 1.165) is 54.3 Å². The van der Waals surface area contributed by atoms with Crippen LogP contribution in [0, 0.1) is 52.3 Å². The van der Waals surface area contributed by atoms with E-state index in [0.29, 0.717) is 10.8 Å². The maximum absolute atomic E-state index is 10.2. The molecule has 4 aliphatic rings. The Morgan fingerprint density at radius 2 is 1.61 bits per heavy atom. The van der Waals surface area contributed by atoms with Gasteiger partial charge in [0.1, 0.15) is 0 Å². The van der Waals surface area contributed by atoms with E-state index in [1.54, 1.807) is 0 Å². The SMILES string of the molecule is CC[C@@H](C)/C=C/[C@@H](C)[C@H]1CCC2C3CC[C@H]4C[C@@H](O)CC[C@]4(C)C3CC[C@@]21C. The number of aliphatic hydroxyl groups is 1. The number of allylic oxidation sites excluding steroid dienone is 2. The van der Waals surface area contributed by atoms with Crippen molar-refractivity contribution < 1.29 is 5.11 Å². The zero-order chi connectivity index (χ0) is 20.1. The molecule has 160 valence electrons. The molecule has 1 heteroatoms. The van der Waals surface area contributed by atoms with Crippen molar-refractivity contribution in [2.45, 2.75) is 105 Å². The summed E-state index contributed by atoms with van der Waals surface area (Å²) in [6.07, 6.45) is 18.4. The van der Waals surface area contributed by atoms with E-state index in [1.807, 2.05) is 0 Å². The summed E-state index contributed by atoms with van der Waals surface area (Å²) in [4.78, 5) is 0. The molecule has 4 aliphatic carbocycles. The van der Waals surface area contributed by atoms with Crippen molar-refractivity contribution in [1.82, 2.24) is 0 Å². The van der Waals surface area contributed by atoms with E-state index in [1.165, 1.54) is 51.4 Å². The van der Waals surface area contributed by atoms with Gasteiger partial charge in [-0.3, -0.25) is 0 Å². The minimum absolute atomic E-state index is 0.0162. The fraction of sp³-hybridized carbons (Fsp3) is 0.926. The van der Waals surface area contributed by atoms with Crippen LogP contribution in [0.2, 0.25) is 0 Å².